The highest BCUT2D eigenvalue weighted by atomic mass is 19.1. The maximum absolute atomic E-state index is 12.9. The van der Waals surface area contributed by atoms with Crippen LogP contribution in [0.1, 0.15) is 21.7 Å². The molecule has 0 aliphatic carbocycles. The molecular weight excluding hydrogens is 345 g/mol. The topological polar surface area (TPSA) is 47.4 Å². The molecule has 3 aromatic rings. The zero-order chi connectivity index (χ0) is 19.4. The van der Waals surface area contributed by atoms with Crippen molar-refractivity contribution in [3.63, 3.8) is 0 Å². The molecule has 2 heterocycles. The summed E-state index contributed by atoms with van der Waals surface area (Å²) >= 11 is 0. The van der Waals surface area contributed by atoms with Gasteiger partial charge in [0.15, 0.2) is 0 Å². The molecule has 0 atom stereocenters. The van der Waals surface area contributed by atoms with Crippen molar-refractivity contribution < 1.29 is 13.9 Å². The number of ether oxygens (including phenoxy) is 1. The van der Waals surface area contributed by atoms with Crippen LogP contribution in [0.3, 0.4) is 0 Å². The molecule has 0 saturated carbocycles. The summed E-state index contributed by atoms with van der Waals surface area (Å²) in [6.45, 7) is 4.62. The summed E-state index contributed by atoms with van der Waals surface area (Å²) in [6.07, 6.45) is 1.73. The Morgan fingerprint density at radius 2 is 1.93 bits per heavy atom. The van der Waals surface area contributed by atoms with Crippen LogP contribution in [0.2, 0.25) is 0 Å². The fraction of sp³-hybridized carbons (Fsp3) is 0.238. The Bertz CT molecular complexity index is 921. The van der Waals surface area contributed by atoms with Crippen molar-refractivity contribution in [1.82, 2.24) is 14.5 Å². The molecule has 3 rings (SSSR count). The van der Waals surface area contributed by atoms with Gasteiger partial charge in [-0.3, -0.25) is 4.79 Å². The lowest BCUT2D eigenvalue weighted by molar-refractivity contribution is 0.0773. The van der Waals surface area contributed by atoms with Gasteiger partial charge in [0.2, 0.25) is 0 Å². The van der Waals surface area contributed by atoms with Crippen molar-refractivity contribution in [3.8, 4) is 11.6 Å². The molecular formula is C21H22FN3O2. The van der Waals surface area contributed by atoms with E-state index in [1.807, 2.05) is 42.7 Å². The Balaban J connectivity index is 1.67. The fourth-order valence-corrected chi connectivity index (χ4v) is 2.96. The molecule has 0 fully saturated rings. The summed E-state index contributed by atoms with van der Waals surface area (Å²) < 4.78 is 20.4. The number of likely N-dealkylation sites (N-methyl/N-ethyl adjacent to an activating group) is 1. The van der Waals surface area contributed by atoms with Crippen molar-refractivity contribution in [3.05, 3.63) is 77.5 Å². The number of nitrogens with zero attached hydrogens (tertiary/aromatic N) is 3. The first kappa shape index (κ1) is 18.6. The number of pyridine rings is 1. The smallest absolute Gasteiger partial charge is 0.255 e. The molecule has 0 aliphatic rings. The van der Waals surface area contributed by atoms with E-state index in [-0.39, 0.29) is 11.7 Å². The highest BCUT2D eigenvalue weighted by Crippen LogP contribution is 2.20. The average molecular weight is 367 g/mol. The molecule has 6 heteroatoms. The Hall–Kier alpha value is -3.15. The molecule has 1 amide bonds. The first-order valence-corrected chi connectivity index (χ1v) is 8.71. The highest BCUT2D eigenvalue weighted by Gasteiger charge is 2.20. The van der Waals surface area contributed by atoms with E-state index in [0.29, 0.717) is 24.5 Å². The molecule has 27 heavy (non-hydrogen) atoms. The largest absolute Gasteiger partial charge is 0.492 e. The van der Waals surface area contributed by atoms with E-state index in [4.69, 9.17) is 4.74 Å². The molecule has 5 nitrogen and oxygen atoms in total. The van der Waals surface area contributed by atoms with Gasteiger partial charge in [-0.15, -0.1) is 0 Å². The Labute approximate surface area is 158 Å². The number of halogens is 1. The lowest BCUT2D eigenvalue weighted by Gasteiger charge is -2.18. The third kappa shape index (κ3) is 4.16. The minimum absolute atomic E-state index is 0.0759. The van der Waals surface area contributed by atoms with E-state index in [9.17, 15) is 9.18 Å². The molecule has 0 spiro atoms. The number of rotatable bonds is 6. The molecule has 140 valence electrons. The van der Waals surface area contributed by atoms with E-state index in [1.165, 1.54) is 12.1 Å². The molecule has 0 saturated heterocycles. The Kier molecular flexibility index (Phi) is 5.54. The number of hydrogen-bond donors (Lipinski definition) is 0. The number of aryl methyl sites for hydroxylation is 1. The van der Waals surface area contributed by atoms with Gasteiger partial charge in [-0.2, -0.15) is 0 Å². The van der Waals surface area contributed by atoms with Crippen LogP contribution in [0.25, 0.3) is 5.82 Å². The van der Waals surface area contributed by atoms with Gasteiger partial charge in [0, 0.05) is 24.6 Å². The normalized spacial score (nSPS) is 10.7. The van der Waals surface area contributed by atoms with Gasteiger partial charge in [0.25, 0.3) is 5.91 Å². The quantitative estimate of drug-likeness (QED) is 0.666. The minimum atomic E-state index is -0.307. The van der Waals surface area contributed by atoms with Crippen molar-refractivity contribution in [2.75, 3.05) is 20.2 Å². The van der Waals surface area contributed by atoms with E-state index in [1.54, 1.807) is 30.3 Å². The number of carbonyl (C=O) groups is 1. The minimum Gasteiger partial charge on any atom is -0.492 e. The van der Waals surface area contributed by atoms with Crippen LogP contribution >= 0.6 is 0 Å². The van der Waals surface area contributed by atoms with Gasteiger partial charge < -0.3 is 14.2 Å². The standard InChI is InChI=1S/C21H22FN3O2/c1-15-14-19(16(2)25(15)20-6-4-5-11-23-20)21(26)24(3)12-13-27-18-9-7-17(22)8-10-18/h4-11,14H,12-13H2,1-3H3. The van der Waals surface area contributed by atoms with Gasteiger partial charge in [-0.25, -0.2) is 9.37 Å². The van der Waals surface area contributed by atoms with Gasteiger partial charge in [-0.05, 0) is 56.3 Å². The molecule has 1 aromatic carbocycles. The van der Waals surface area contributed by atoms with Crippen LogP contribution in [0.5, 0.6) is 5.75 Å². The first-order valence-electron chi connectivity index (χ1n) is 8.71. The highest BCUT2D eigenvalue weighted by molar-refractivity contribution is 5.95. The maximum Gasteiger partial charge on any atom is 0.255 e. The summed E-state index contributed by atoms with van der Waals surface area (Å²) in [7, 11) is 1.74. The van der Waals surface area contributed by atoms with Gasteiger partial charge in [-0.1, -0.05) is 6.07 Å². The van der Waals surface area contributed by atoms with E-state index in [2.05, 4.69) is 4.98 Å². The van der Waals surface area contributed by atoms with Crippen LogP contribution in [0.4, 0.5) is 4.39 Å². The van der Waals surface area contributed by atoms with E-state index >= 15 is 0 Å². The maximum atomic E-state index is 12.9. The monoisotopic (exact) mass is 367 g/mol. The number of aromatic nitrogens is 2. The zero-order valence-corrected chi connectivity index (χ0v) is 15.6. The average Bonchev–Trinajstić information content (AvgIpc) is 2.97. The molecule has 0 unspecified atom stereocenters. The van der Waals surface area contributed by atoms with Crippen molar-refractivity contribution >= 4 is 5.91 Å². The summed E-state index contributed by atoms with van der Waals surface area (Å²) in [5, 5.41) is 0. The molecule has 0 aliphatic heterocycles. The predicted octanol–water partition coefficient (Wildman–Crippen LogP) is 3.78. The van der Waals surface area contributed by atoms with Crippen LogP contribution in [0.15, 0.2) is 54.7 Å². The number of carbonyl (C=O) groups excluding carboxylic acids is 1. The number of benzene rings is 1. The van der Waals surface area contributed by atoms with Crippen LogP contribution in [-0.2, 0) is 0 Å². The van der Waals surface area contributed by atoms with Gasteiger partial charge in [0.1, 0.15) is 24.0 Å². The van der Waals surface area contributed by atoms with E-state index < -0.39 is 0 Å². The predicted molar refractivity (Wildman–Crippen MR) is 102 cm³/mol. The van der Waals surface area contributed by atoms with E-state index in [0.717, 1.165) is 17.2 Å². The van der Waals surface area contributed by atoms with Crippen molar-refractivity contribution in [2.45, 2.75) is 13.8 Å². The summed E-state index contributed by atoms with van der Waals surface area (Å²) in [6, 6.07) is 13.4. The lowest BCUT2D eigenvalue weighted by Crippen LogP contribution is -2.31. The second-order valence-corrected chi connectivity index (χ2v) is 6.34. The molecule has 2 aromatic heterocycles. The Morgan fingerprint density at radius 1 is 1.19 bits per heavy atom. The van der Waals surface area contributed by atoms with Gasteiger partial charge in [0.05, 0.1) is 12.1 Å². The van der Waals surface area contributed by atoms with Crippen molar-refractivity contribution in [2.24, 2.45) is 0 Å². The summed E-state index contributed by atoms with van der Waals surface area (Å²) in [4.78, 5) is 18.8. The molecule has 0 bridgehead atoms. The number of amides is 1. The van der Waals surface area contributed by atoms with Crippen molar-refractivity contribution in [1.29, 1.82) is 0 Å². The third-order valence-corrected chi connectivity index (χ3v) is 4.40. The van der Waals surface area contributed by atoms with Crippen LogP contribution in [-0.4, -0.2) is 40.6 Å². The molecule has 0 radical (unpaired) electrons. The SMILES string of the molecule is Cc1cc(C(=O)N(C)CCOc2ccc(F)cc2)c(C)n1-c1ccccn1. The second-order valence-electron chi connectivity index (χ2n) is 6.34. The van der Waals surface area contributed by atoms with Crippen LogP contribution in [0, 0.1) is 19.7 Å². The Morgan fingerprint density at radius 3 is 2.59 bits per heavy atom. The third-order valence-electron chi connectivity index (χ3n) is 4.40. The molecule has 0 N–H and O–H groups in total. The van der Waals surface area contributed by atoms with Gasteiger partial charge >= 0.3 is 0 Å². The lowest BCUT2D eigenvalue weighted by atomic mass is 10.2. The number of hydrogen-bond acceptors (Lipinski definition) is 3. The zero-order valence-electron chi connectivity index (χ0n) is 15.6. The first-order chi connectivity index (χ1) is 13.0. The summed E-state index contributed by atoms with van der Waals surface area (Å²) in [5.41, 5.74) is 2.44. The second kappa shape index (κ2) is 8.03. The van der Waals surface area contributed by atoms with Crippen LogP contribution < -0.4 is 4.74 Å². The fourth-order valence-electron chi connectivity index (χ4n) is 2.96. The summed E-state index contributed by atoms with van der Waals surface area (Å²) in [5.74, 6) is 0.977.